The number of carbonyl (C=O) groups excluding carboxylic acids is 1. The van der Waals surface area contributed by atoms with Gasteiger partial charge in [0.15, 0.2) is 0 Å². The molecule has 0 saturated heterocycles. The van der Waals surface area contributed by atoms with Gasteiger partial charge in [-0.3, -0.25) is 4.79 Å². The monoisotopic (exact) mass is 414 g/mol. The van der Waals surface area contributed by atoms with Gasteiger partial charge in [-0.2, -0.15) is 0 Å². The standard InChI is InChI=1S/C28H46O2/c1-17(2)24(29)10-7-18(3)21-8-9-22-20-15-25(30-6)28-16-19(28)11-14-27(28,5)23(20)12-13-26(21,22)4/h17-23,25H,7-16H2,1-6H3/t18-,19-,20?,21?,22?,23?,25-,26?,27-,28?/m1/s1. The number of hydrogen-bond acceptors (Lipinski definition) is 2. The van der Waals surface area contributed by atoms with Crippen molar-refractivity contribution in [2.75, 3.05) is 7.11 Å². The molecule has 5 rings (SSSR count). The molecule has 0 aromatic heterocycles. The Kier molecular flexibility index (Phi) is 5.06. The first-order valence-electron chi connectivity index (χ1n) is 13.2. The van der Waals surface area contributed by atoms with Crippen molar-refractivity contribution in [1.82, 2.24) is 0 Å². The minimum atomic E-state index is 0.193. The van der Waals surface area contributed by atoms with Crippen molar-refractivity contribution < 1.29 is 9.53 Å². The Morgan fingerprint density at radius 2 is 1.80 bits per heavy atom. The summed E-state index contributed by atoms with van der Waals surface area (Å²) in [5, 5.41) is 0. The molecule has 1 spiro atoms. The van der Waals surface area contributed by atoms with Crippen molar-refractivity contribution in [1.29, 1.82) is 0 Å². The second-order valence-electron chi connectivity index (χ2n) is 13.1. The quantitative estimate of drug-likeness (QED) is 0.472. The van der Waals surface area contributed by atoms with Crippen LogP contribution in [0.25, 0.3) is 0 Å². The average Bonchev–Trinajstić information content (AvgIpc) is 3.22. The van der Waals surface area contributed by atoms with Crippen LogP contribution in [0.3, 0.4) is 0 Å². The van der Waals surface area contributed by atoms with E-state index >= 15 is 0 Å². The predicted octanol–water partition coefficient (Wildman–Crippen LogP) is 6.91. The third kappa shape index (κ3) is 2.67. The van der Waals surface area contributed by atoms with Crippen LogP contribution in [0.5, 0.6) is 0 Å². The van der Waals surface area contributed by atoms with Gasteiger partial charge in [0.2, 0.25) is 0 Å². The lowest BCUT2D eigenvalue weighted by Gasteiger charge is -2.61. The summed E-state index contributed by atoms with van der Waals surface area (Å²) >= 11 is 0. The lowest BCUT2D eigenvalue weighted by molar-refractivity contribution is -0.161. The number of ketones is 1. The Morgan fingerprint density at radius 3 is 2.47 bits per heavy atom. The highest BCUT2D eigenvalue weighted by atomic mass is 16.5. The van der Waals surface area contributed by atoms with Gasteiger partial charge < -0.3 is 4.74 Å². The maximum Gasteiger partial charge on any atom is 0.135 e. The molecule has 5 saturated carbocycles. The van der Waals surface area contributed by atoms with E-state index in [2.05, 4.69) is 34.6 Å². The Hall–Kier alpha value is -0.370. The van der Waals surface area contributed by atoms with Gasteiger partial charge in [0, 0.05) is 24.9 Å². The molecule has 30 heavy (non-hydrogen) atoms. The van der Waals surface area contributed by atoms with Gasteiger partial charge in [-0.1, -0.05) is 34.6 Å². The van der Waals surface area contributed by atoms with Crippen LogP contribution in [-0.2, 0) is 9.53 Å². The zero-order valence-electron chi connectivity index (χ0n) is 20.5. The van der Waals surface area contributed by atoms with Crippen LogP contribution in [0.1, 0.15) is 98.8 Å². The molecule has 0 aromatic rings. The molecular formula is C28H46O2. The third-order valence-electron chi connectivity index (χ3n) is 12.1. The van der Waals surface area contributed by atoms with Crippen molar-refractivity contribution in [3.05, 3.63) is 0 Å². The summed E-state index contributed by atoms with van der Waals surface area (Å²) in [4.78, 5) is 12.2. The van der Waals surface area contributed by atoms with Crippen molar-refractivity contribution in [2.24, 2.45) is 57.7 Å². The maximum absolute atomic E-state index is 12.2. The van der Waals surface area contributed by atoms with E-state index in [0.717, 1.165) is 42.4 Å². The highest BCUT2D eigenvalue weighted by Crippen LogP contribution is 2.82. The molecule has 10 atom stereocenters. The molecular weight excluding hydrogens is 368 g/mol. The maximum atomic E-state index is 12.2. The van der Waals surface area contributed by atoms with Crippen molar-refractivity contribution in [3.63, 3.8) is 0 Å². The van der Waals surface area contributed by atoms with E-state index in [1.807, 2.05) is 7.11 Å². The number of rotatable bonds is 6. The molecule has 0 radical (unpaired) electrons. The molecule has 5 aliphatic carbocycles. The summed E-state index contributed by atoms with van der Waals surface area (Å²) in [7, 11) is 2.00. The van der Waals surface area contributed by atoms with E-state index in [9.17, 15) is 4.79 Å². The lowest BCUT2D eigenvalue weighted by Crippen LogP contribution is -2.57. The van der Waals surface area contributed by atoms with Crippen molar-refractivity contribution in [3.8, 4) is 0 Å². The smallest absolute Gasteiger partial charge is 0.135 e. The molecule has 5 aliphatic rings. The number of carbonyl (C=O) groups is 1. The van der Waals surface area contributed by atoms with Crippen molar-refractivity contribution >= 4 is 5.78 Å². The summed E-state index contributed by atoms with van der Waals surface area (Å²) in [6, 6.07) is 0. The van der Waals surface area contributed by atoms with E-state index in [1.165, 1.54) is 51.4 Å². The first kappa shape index (κ1) is 21.5. The van der Waals surface area contributed by atoms with Gasteiger partial charge in [-0.05, 0) is 104 Å². The summed E-state index contributed by atoms with van der Waals surface area (Å²) in [6.07, 6.45) is 13.8. The molecule has 5 fully saturated rings. The van der Waals surface area contributed by atoms with E-state index < -0.39 is 0 Å². The zero-order chi connectivity index (χ0) is 21.5. The van der Waals surface area contributed by atoms with Gasteiger partial charge in [0.1, 0.15) is 5.78 Å². The third-order valence-corrected chi connectivity index (χ3v) is 12.1. The first-order chi connectivity index (χ1) is 14.2. The van der Waals surface area contributed by atoms with Gasteiger partial charge in [-0.25, -0.2) is 0 Å². The molecule has 0 N–H and O–H groups in total. The van der Waals surface area contributed by atoms with Gasteiger partial charge in [0.25, 0.3) is 0 Å². The SMILES string of the molecule is CO[C@@H]1CC2C3CCC([C@H](C)CCC(=O)C(C)C)C3(C)CCC2[C@@]2(C)CC[C@@H]3CC312. The Labute approximate surface area is 185 Å². The predicted molar refractivity (Wildman–Crippen MR) is 122 cm³/mol. The van der Waals surface area contributed by atoms with Crippen LogP contribution in [0.4, 0.5) is 0 Å². The normalized spacial score (nSPS) is 52.4. The first-order valence-corrected chi connectivity index (χ1v) is 13.2. The minimum absolute atomic E-state index is 0.193. The van der Waals surface area contributed by atoms with E-state index in [-0.39, 0.29) is 5.92 Å². The molecule has 0 heterocycles. The van der Waals surface area contributed by atoms with Crippen LogP contribution in [0.15, 0.2) is 0 Å². The average molecular weight is 415 g/mol. The Balaban J connectivity index is 1.35. The number of hydrogen-bond donors (Lipinski definition) is 0. The van der Waals surface area contributed by atoms with Crippen molar-refractivity contribution in [2.45, 2.75) is 105 Å². The summed E-state index contributed by atoms with van der Waals surface area (Å²) < 4.78 is 6.27. The minimum Gasteiger partial charge on any atom is -0.381 e. The Morgan fingerprint density at radius 1 is 1.03 bits per heavy atom. The van der Waals surface area contributed by atoms with Gasteiger partial charge >= 0.3 is 0 Å². The number of ether oxygens (including phenoxy) is 1. The highest BCUT2D eigenvalue weighted by Gasteiger charge is 2.77. The largest absolute Gasteiger partial charge is 0.381 e. The van der Waals surface area contributed by atoms with Crippen LogP contribution in [-0.4, -0.2) is 19.0 Å². The van der Waals surface area contributed by atoms with Crippen LogP contribution in [0.2, 0.25) is 0 Å². The second-order valence-corrected chi connectivity index (χ2v) is 13.1. The number of methoxy groups -OCH3 is 1. The fraction of sp³-hybridized carbons (Fsp3) is 0.964. The highest BCUT2D eigenvalue weighted by molar-refractivity contribution is 5.80. The molecule has 0 bridgehead atoms. The van der Waals surface area contributed by atoms with Gasteiger partial charge in [-0.15, -0.1) is 0 Å². The summed E-state index contributed by atoms with van der Waals surface area (Å²) in [6.45, 7) is 11.9. The molecule has 6 unspecified atom stereocenters. The molecule has 0 amide bonds. The summed E-state index contributed by atoms with van der Waals surface area (Å²) in [5.74, 6) is 5.81. The van der Waals surface area contributed by atoms with Crippen LogP contribution < -0.4 is 0 Å². The molecule has 0 aromatic carbocycles. The van der Waals surface area contributed by atoms with Crippen LogP contribution in [0, 0.1) is 57.7 Å². The lowest BCUT2D eigenvalue weighted by atomic mass is 9.45. The topological polar surface area (TPSA) is 26.3 Å². The summed E-state index contributed by atoms with van der Waals surface area (Å²) in [5.41, 5.74) is 1.57. The zero-order valence-corrected chi connectivity index (χ0v) is 20.5. The molecule has 0 aliphatic heterocycles. The van der Waals surface area contributed by atoms with E-state index in [0.29, 0.717) is 34.1 Å². The van der Waals surface area contributed by atoms with E-state index in [4.69, 9.17) is 4.74 Å². The number of fused-ring (bicyclic) bond motifs is 4. The fourth-order valence-electron chi connectivity index (χ4n) is 10.4. The molecule has 2 nitrogen and oxygen atoms in total. The Bertz CT molecular complexity index is 699. The second kappa shape index (κ2) is 7.06. The van der Waals surface area contributed by atoms with Crippen LogP contribution >= 0.6 is 0 Å². The number of Topliss-reactive ketones (excluding diaryl/α,β-unsaturated/α-hetero) is 1. The fourth-order valence-corrected chi connectivity index (χ4v) is 10.4. The molecule has 170 valence electrons. The van der Waals surface area contributed by atoms with E-state index in [1.54, 1.807) is 0 Å². The molecule has 2 heteroatoms. The van der Waals surface area contributed by atoms with Gasteiger partial charge in [0.05, 0.1) is 6.10 Å².